The largest absolute Gasteiger partial charge is 0.325 e. The van der Waals surface area contributed by atoms with Crippen molar-refractivity contribution in [2.24, 2.45) is 0 Å². The zero-order valence-corrected chi connectivity index (χ0v) is 13.6. The van der Waals surface area contributed by atoms with Gasteiger partial charge in [-0.1, -0.05) is 24.3 Å². The molecule has 0 aromatic heterocycles. The number of halogens is 1. The van der Waals surface area contributed by atoms with E-state index in [9.17, 15) is 22.4 Å². The molecule has 3 amide bonds. The smallest absolute Gasteiger partial charge is 0.322 e. The summed E-state index contributed by atoms with van der Waals surface area (Å²) in [5, 5.41) is 4.33. The van der Waals surface area contributed by atoms with Crippen molar-refractivity contribution in [1.82, 2.24) is 15.4 Å². The van der Waals surface area contributed by atoms with Crippen LogP contribution in [0.5, 0.6) is 0 Å². The number of hydrogen-bond acceptors (Lipinski definition) is 4. The van der Waals surface area contributed by atoms with Crippen LogP contribution in [0.2, 0.25) is 0 Å². The summed E-state index contributed by atoms with van der Waals surface area (Å²) in [5.41, 5.74) is 1.49. The zero-order valence-electron chi connectivity index (χ0n) is 12.8. The lowest BCUT2D eigenvalue weighted by Gasteiger charge is -2.10. The second-order valence-electron chi connectivity index (χ2n) is 5.40. The third-order valence-electron chi connectivity index (χ3n) is 3.68. The molecule has 9 heteroatoms. The van der Waals surface area contributed by atoms with Crippen molar-refractivity contribution in [3.05, 3.63) is 54.3 Å². The number of urea groups is 1. The molecular formula is C16H14FN3O4S. The average Bonchev–Trinajstić information content (AvgIpc) is 2.91. The second-order valence-corrected chi connectivity index (χ2v) is 7.17. The highest BCUT2D eigenvalue weighted by atomic mass is 32.2. The molecule has 25 heavy (non-hydrogen) atoms. The van der Waals surface area contributed by atoms with E-state index < -0.39 is 28.0 Å². The maximum absolute atomic E-state index is 12.9. The molecule has 1 aliphatic rings. The van der Waals surface area contributed by atoms with Gasteiger partial charge in [-0.05, 0) is 35.4 Å². The normalized spacial score (nSPS) is 17.2. The molecule has 1 unspecified atom stereocenters. The summed E-state index contributed by atoms with van der Waals surface area (Å²) >= 11 is 0. The lowest BCUT2D eigenvalue weighted by Crippen LogP contribution is -2.41. The Hall–Kier alpha value is -2.78. The maximum atomic E-state index is 12.9. The quantitative estimate of drug-likeness (QED) is 0.689. The van der Waals surface area contributed by atoms with Gasteiger partial charge >= 0.3 is 6.03 Å². The van der Waals surface area contributed by atoms with Crippen LogP contribution >= 0.6 is 0 Å². The summed E-state index contributed by atoms with van der Waals surface area (Å²) in [6, 6.07) is 10.3. The molecule has 0 radical (unpaired) electrons. The molecule has 1 heterocycles. The third-order valence-corrected chi connectivity index (χ3v) is 5.12. The van der Waals surface area contributed by atoms with E-state index in [1.54, 1.807) is 24.3 Å². The highest BCUT2D eigenvalue weighted by Crippen LogP contribution is 2.21. The average molecular weight is 363 g/mol. The van der Waals surface area contributed by atoms with Gasteiger partial charge in [0, 0.05) is 6.54 Å². The van der Waals surface area contributed by atoms with Crippen LogP contribution in [0.1, 0.15) is 0 Å². The van der Waals surface area contributed by atoms with E-state index in [1.807, 2.05) is 5.32 Å². The molecule has 1 atom stereocenters. The molecule has 3 N–H and O–H groups in total. The van der Waals surface area contributed by atoms with Crippen molar-refractivity contribution in [3.8, 4) is 11.1 Å². The number of rotatable bonds is 5. The van der Waals surface area contributed by atoms with E-state index in [0.29, 0.717) is 0 Å². The standard InChI is InChI=1S/C16H14FN3O4S/c17-12-5-1-10(2-6-12)11-3-7-13(8-4-11)25(23,24)18-9-14-15(21)20-16(22)19-14/h1-8,14,18H,9H2,(H2,19,20,21,22). The number of nitrogens with one attached hydrogen (secondary N) is 3. The summed E-state index contributed by atoms with van der Waals surface area (Å²) in [6.45, 7) is -0.250. The van der Waals surface area contributed by atoms with Gasteiger partial charge in [0.2, 0.25) is 10.0 Å². The summed E-state index contributed by atoms with van der Waals surface area (Å²) in [7, 11) is -3.84. The highest BCUT2D eigenvalue weighted by Gasteiger charge is 2.30. The molecule has 130 valence electrons. The minimum atomic E-state index is -3.84. The van der Waals surface area contributed by atoms with Crippen LogP contribution in [-0.4, -0.2) is 32.9 Å². The molecule has 7 nitrogen and oxygen atoms in total. The van der Waals surface area contributed by atoms with Crippen LogP contribution in [0.4, 0.5) is 9.18 Å². The molecule has 0 saturated carbocycles. The van der Waals surface area contributed by atoms with E-state index >= 15 is 0 Å². The number of carbonyl (C=O) groups excluding carboxylic acids is 2. The first-order valence-corrected chi connectivity index (χ1v) is 8.80. The Morgan fingerprint density at radius 3 is 2.04 bits per heavy atom. The van der Waals surface area contributed by atoms with Gasteiger partial charge in [-0.2, -0.15) is 0 Å². The lowest BCUT2D eigenvalue weighted by atomic mass is 10.1. The van der Waals surface area contributed by atoms with Gasteiger partial charge in [-0.3, -0.25) is 10.1 Å². The summed E-state index contributed by atoms with van der Waals surface area (Å²) in [6.07, 6.45) is 0. The number of sulfonamides is 1. The molecule has 3 rings (SSSR count). The molecule has 2 aromatic rings. The Bertz CT molecular complexity index is 911. The van der Waals surface area contributed by atoms with Crippen LogP contribution < -0.4 is 15.4 Å². The molecule has 1 fully saturated rings. The molecule has 0 bridgehead atoms. The predicted molar refractivity (Wildman–Crippen MR) is 87.5 cm³/mol. The van der Waals surface area contributed by atoms with Crippen molar-refractivity contribution < 1.29 is 22.4 Å². The predicted octanol–water partition coefficient (Wildman–Crippen LogP) is 0.979. The molecule has 1 saturated heterocycles. The van der Waals surface area contributed by atoms with Crippen LogP contribution in [-0.2, 0) is 14.8 Å². The topological polar surface area (TPSA) is 104 Å². The van der Waals surface area contributed by atoms with Gasteiger partial charge in [0.1, 0.15) is 11.9 Å². The molecule has 2 aromatic carbocycles. The minimum absolute atomic E-state index is 0.0168. The number of benzene rings is 2. The number of carbonyl (C=O) groups is 2. The fourth-order valence-electron chi connectivity index (χ4n) is 2.35. The Morgan fingerprint density at radius 2 is 1.52 bits per heavy atom. The van der Waals surface area contributed by atoms with Crippen molar-refractivity contribution in [1.29, 1.82) is 0 Å². The molecule has 0 spiro atoms. The Kier molecular flexibility index (Phi) is 4.51. The van der Waals surface area contributed by atoms with Crippen molar-refractivity contribution in [3.63, 3.8) is 0 Å². The van der Waals surface area contributed by atoms with E-state index in [0.717, 1.165) is 11.1 Å². The summed E-state index contributed by atoms with van der Waals surface area (Å²) in [5.74, 6) is -0.936. The Labute approximate surface area is 143 Å². The third kappa shape index (κ3) is 3.83. The zero-order chi connectivity index (χ0) is 18.0. The van der Waals surface area contributed by atoms with E-state index in [4.69, 9.17) is 0 Å². The van der Waals surface area contributed by atoms with Crippen molar-refractivity contribution in [2.45, 2.75) is 10.9 Å². The monoisotopic (exact) mass is 363 g/mol. The van der Waals surface area contributed by atoms with Gasteiger partial charge in [-0.15, -0.1) is 0 Å². The fourth-order valence-corrected chi connectivity index (χ4v) is 3.40. The second kappa shape index (κ2) is 6.61. The van der Waals surface area contributed by atoms with E-state index in [1.165, 1.54) is 24.3 Å². The maximum Gasteiger partial charge on any atom is 0.322 e. The van der Waals surface area contributed by atoms with Gasteiger partial charge in [0.15, 0.2) is 0 Å². The lowest BCUT2D eigenvalue weighted by molar-refractivity contribution is -0.120. The first-order valence-electron chi connectivity index (χ1n) is 7.32. The summed E-state index contributed by atoms with van der Waals surface area (Å²) in [4.78, 5) is 22.4. The number of imide groups is 1. The van der Waals surface area contributed by atoms with Gasteiger partial charge in [-0.25, -0.2) is 22.3 Å². The molecule has 0 aliphatic carbocycles. The van der Waals surface area contributed by atoms with Crippen LogP contribution in [0.25, 0.3) is 11.1 Å². The first-order chi connectivity index (χ1) is 11.8. The number of hydrogen-bond donors (Lipinski definition) is 3. The van der Waals surface area contributed by atoms with Crippen LogP contribution in [0.15, 0.2) is 53.4 Å². The fraction of sp³-hybridized carbons (Fsp3) is 0.125. The van der Waals surface area contributed by atoms with Gasteiger partial charge < -0.3 is 5.32 Å². The van der Waals surface area contributed by atoms with Gasteiger partial charge in [0.25, 0.3) is 5.91 Å². The summed E-state index contributed by atoms with van der Waals surface area (Å²) < 4.78 is 39.8. The highest BCUT2D eigenvalue weighted by molar-refractivity contribution is 7.89. The van der Waals surface area contributed by atoms with Crippen LogP contribution in [0.3, 0.4) is 0 Å². The van der Waals surface area contributed by atoms with Crippen LogP contribution in [0, 0.1) is 5.82 Å². The Balaban J connectivity index is 1.71. The first kappa shape index (κ1) is 17.1. The minimum Gasteiger partial charge on any atom is -0.325 e. The van der Waals surface area contributed by atoms with E-state index in [2.05, 4.69) is 10.0 Å². The number of amides is 3. The van der Waals surface area contributed by atoms with Crippen molar-refractivity contribution in [2.75, 3.05) is 6.54 Å². The van der Waals surface area contributed by atoms with E-state index in [-0.39, 0.29) is 17.3 Å². The molecule has 1 aliphatic heterocycles. The molecular weight excluding hydrogens is 349 g/mol. The van der Waals surface area contributed by atoms with Crippen molar-refractivity contribution >= 4 is 22.0 Å². The van der Waals surface area contributed by atoms with Gasteiger partial charge in [0.05, 0.1) is 4.90 Å². The SMILES string of the molecule is O=C1NC(=O)C(CNS(=O)(=O)c2ccc(-c3ccc(F)cc3)cc2)N1. The Morgan fingerprint density at radius 1 is 0.960 bits per heavy atom.